The van der Waals surface area contributed by atoms with E-state index in [4.69, 9.17) is 28.4 Å². The van der Waals surface area contributed by atoms with E-state index in [1.165, 1.54) is 25.7 Å². The van der Waals surface area contributed by atoms with Crippen LogP contribution in [0.1, 0.15) is 91.9 Å². The second-order valence-corrected chi connectivity index (χ2v) is 18.7. The van der Waals surface area contributed by atoms with E-state index in [0.29, 0.717) is 41.4 Å². The van der Waals surface area contributed by atoms with E-state index in [9.17, 15) is 35.7 Å². The maximum atomic E-state index is 11.4. The van der Waals surface area contributed by atoms with Gasteiger partial charge in [0.2, 0.25) is 0 Å². The Morgan fingerprint density at radius 2 is 1.37 bits per heavy atom. The van der Waals surface area contributed by atoms with E-state index in [0.717, 1.165) is 45.1 Å². The Balaban J connectivity index is 0.917. The second-order valence-electron chi connectivity index (χ2n) is 18.7. The average Bonchev–Trinajstić information content (AvgIpc) is 3.58. The summed E-state index contributed by atoms with van der Waals surface area (Å²) in [5.74, 6) is 3.57. The lowest BCUT2D eigenvalue weighted by Gasteiger charge is -2.61. The Morgan fingerprint density at radius 3 is 2.06 bits per heavy atom. The molecule has 0 aromatic rings. The lowest BCUT2D eigenvalue weighted by Crippen LogP contribution is -2.65. The highest BCUT2D eigenvalue weighted by Crippen LogP contribution is 2.71. The minimum Gasteiger partial charge on any atom is -0.394 e. The third kappa shape index (κ3) is 5.98. The van der Waals surface area contributed by atoms with Crippen molar-refractivity contribution in [3.05, 3.63) is 0 Å². The minimum atomic E-state index is -1.72. The third-order valence-electron chi connectivity index (χ3n) is 16.2. The topological polar surface area (TPSA) is 197 Å². The summed E-state index contributed by atoms with van der Waals surface area (Å²) in [6.07, 6.45) is -3.83. The molecule has 13 heteroatoms. The van der Waals surface area contributed by atoms with Crippen molar-refractivity contribution in [3.8, 4) is 0 Å². The number of rotatable bonds is 6. The number of fused-ring (bicyclic) bond motifs is 7. The van der Waals surface area contributed by atoms with Gasteiger partial charge in [0.25, 0.3) is 0 Å². The van der Waals surface area contributed by atoms with Gasteiger partial charge in [0.15, 0.2) is 18.4 Å². The van der Waals surface area contributed by atoms with Crippen LogP contribution < -0.4 is 0 Å². The first-order chi connectivity index (χ1) is 24.7. The Kier molecular flexibility index (Phi) is 10.4. The highest BCUT2D eigenvalue weighted by molar-refractivity contribution is 5.15. The fourth-order valence-electron chi connectivity index (χ4n) is 13.2. The zero-order valence-corrected chi connectivity index (χ0v) is 31.2. The molecule has 4 saturated heterocycles. The van der Waals surface area contributed by atoms with Crippen molar-refractivity contribution in [2.24, 2.45) is 52.3 Å². The number of ether oxygens (including phenoxy) is 6. The number of aliphatic hydroxyl groups excluding tert-OH is 7. The lowest BCUT2D eigenvalue weighted by molar-refractivity contribution is -0.365. The summed E-state index contributed by atoms with van der Waals surface area (Å²) >= 11 is 0. The molecule has 0 amide bonds. The summed E-state index contributed by atoms with van der Waals surface area (Å²) in [5, 5.41) is 73.0. The first-order valence-corrected chi connectivity index (χ1v) is 20.3. The van der Waals surface area contributed by atoms with Crippen molar-refractivity contribution >= 4 is 0 Å². The maximum absolute atomic E-state index is 11.4. The van der Waals surface area contributed by atoms with Gasteiger partial charge in [-0.3, -0.25) is 0 Å². The molecule has 0 unspecified atom stereocenters. The van der Waals surface area contributed by atoms with Crippen LogP contribution in [0.4, 0.5) is 0 Å². The standard InChI is InChI=1S/C39H64O13/c1-18-7-12-39(47-17-18)19(2)28-25(52-39)14-24-22-6-5-20-13-21(8-10-37(20,3)23(22)9-11-38(24,28)4)48-36-33(46)34(30(43)27(16-41)50-36)51-35-32(45)31(44)29(42)26(15-40)49-35/h18-36,40-46H,5-17H2,1-4H3/t18-,19-,20-,21+,22+,23-,24-,25-,26-,27-,28+,29+,30+,31-,32-,33-,34-,35-,36+,37-,38-,39+/m0/s1. The predicted octanol–water partition coefficient (Wildman–Crippen LogP) is 1.44. The van der Waals surface area contributed by atoms with Crippen molar-refractivity contribution in [2.75, 3.05) is 19.8 Å². The average molecular weight is 741 g/mol. The van der Waals surface area contributed by atoms with Crippen LogP contribution in [0, 0.1) is 52.3 Å². The molecule has 8 aliphatic rings. The highest BCUT2D eigenvalue weighted by atomic mass is 16.7. The molecule has 4 aliphatic heterocycles. The van der Waals surface area contributed by atoms with E-state index in [1.807, 2.05) is 0 Å². The van der Waals surface area contributed by atoms with Gasteiger partial charge < -0.3 is 64.2 Å². The first kappa shape index (κ1) is 38.4. The van der Waals surface area contributed by atoms with Crippen LogP contribution in [0.5, 0.6) is 0 Å². The molecular weight excluding hydrogens is 676 g/mol. The summed E-state index contributed by atoms with van der Waals surface area (Å²) < 4.78 is 37.1. The number of hydrogen-bond acceptors (Lipinski definition) is 13. The van der Waals surface area contributed by atoms with Crippen molar-refractivity contribution in [2.45, 2.75) is 171 Å². The van der Waals surface area contributed by atoms with Gasteiger partial charge in [0.05, 0.1) is 32.0 Å². The van der Waals surface area contributed by atoms with E-state index in [-0.39, 0.29) is 23.0 Å². The fourth-order valence-corrected chi connectivity index (χ4v) is 13.2. The minimum absolute atomic E-state index is 0.183. The van der Waals surface area contributed by atoms with Crippen LogP contribution >= 0.6 is 0 Å². The normalized spacial score (nSPS) is 59.0. The molecule has 0 bridgehead atoms. The molecular formula is C39H64O13. The number of aliphatic hydroxyl groups is 7. The Morgan fingerprint density at radius 1 is 0.673 bits per heavy atom. The van der Waals surface area contributed by atoms with Gasteiger partial charge in [0, 0.05) is 12.3 Å². The molecule has 8 fully saturated rings. The Labute approximate surface area is 307 Å². The van der Waals surface area contributed by atoms with Gasteiger partial charge in [-0.1, -0.05) is 27.7 Å². The molecule has 0 aromatic carbocycles. The van der Waals surface area contributed by atoms with Crippen LogP contribution in [0.15, 0.2) is 0 Å². The second kappa shape index (κ2) is 14.1. The van der Waals surface area contributed by atoms with E-state index < -0.39 is 80.4 Å². The van der Waals surface area contributed by atoms with Crippen molar-refractivity contribution in [1.82, 2.24) is 0 Å². The largest absolute Gasteiger partial charge is 0.394 e. The lowest BCUT2D eigenvalue weighted by atomic mass is 9.44. The first-order valence-electron chi connectivity index (χ1n) is 20.3. The molecule has 52 heavy (non-hydrogen) atoms. The van der Waals surface area contributed by atoms with Gasteiger partial charge in [-0.25, -0.2) is 0 Å². The van der Waals surface area contributed by atoms with Gasteiger partial charge in [-0.05, 0) is 104 Å². The van der Waals surface area contributed by atoms with Crippen LogP contribution in [0.3, 0.4) is 0 Å². The molecule has 298 valence electrons. The Hall–Kier alpha value is -0.520. The van der Waals surface area contributed by atoms with Crippen molar-refractivity contribution < 1.29 is 64.2 Å². The van der Waals surface area contributed by atoms with Crippen LogP contribution in [-0.4, -0.2) is 135 Å². The molecule has 0 radical (unpaired) electrons. The molecule has 8 rings (SSSR count). The molecule has 0 aromatic heterocycles. The summed E-state index contributed by atoms with van der Waals surface area (Å²) in [4.78, 5) is 0. The zero-order chi connectivity index (χ0) is 36.9. The Bertz CT molecular complexity index is 1260. The third-order valence-corrected chi connectivity index (χ3v) is 16.2. The molecule has 4 heterocycles. The molecule has 1 spiro atoms. The summed E-state index contributed by atoms with van der Waals surface area (Å²) in [6.45, 7) is 9.32. The van der Waals surface area contributed by atoms with Gasteiger partial charge in [-0.15, -0.1) is 0 Å². The van der Waals surface area contributed by atoms with Gasteiger partial charge in [0.1, 0.15) is 48.8 Å². The van der Waals surface area contributed by atoms with E-state index in [2.05, 4.69) is 27.7 Å². The van der Waals surface area contributed by atoms with Crippen molar-refractivity contribution in [1.29, 1.82) is 0 Å². The van der Waals surface area contributed by atoms with Crippen molar-refractivity contribution in [3.63, 3.8) is 0 Å². The number of hydrogen-bond donors (Lipinski definition) is 7. The molecule has 13 nitrogen and oxygen atoms in total. The fraction of sp³-hybridized carbons (Fsp3) is 1.00. The summed E-state index contributed by atoms with van der Waals surface area (Å²) in [7, 11) is 0. The maximum Gasteiger partial charge on any atom is 0.187 e. The molecule has 4 aliphatic carbocycles. The molecule has 7 N–H and O–H groups in total. The highest BCUT2D eigenvalue weighted by Gasteiger charge is 2.69. The molecule has 22 atom stereocenters. The SMILES string of the molecule is C[C@H]1CC[C@@]2(OC1)O[C@H]1C[C@H]3[C@@H]4CC[C@H]5C[C@H](O[C@@H]6O[C@@H](CO)[C@@H](O)[C@H](O[C@@H]7O[C@@H](CO)[C@@H](O)[C@H](O)[C@@H]7O)[C@@H]6O)CC[C@]5(C)[C@H]4CC[C@]3(C)[C@@H]1[C@@H]2C. The smallest absolute Gasteiger partial charge is 0.187 e. The van der Waals surface area contributed by atoms with Crippen LogP contribution in [0.2, 0.25) is 0 Å². The summed E-state index contributed by atoms with van der Waals surface area (Å²) in [5.41, 5.74) is 0.448. The zero-order valence-electron chi connectivity index (χ0n) is 31.2. The monoisotopic (exact) mass is 740 g/mol. The van der Waals surface area contributed by atoms with Crippen LogP contribution in [0.25, 0.3) is 0 Å². The van der Waals surface area contributed by atoms with E-state index in [1.54, 1.807) is 0 Å². The quantitative estimate of drug-likeness (QED) is 0.194. The van der Waals surface area contributed by atoms with Crippen LogP contribution in [-0.2, 0) is 28.4 Å². The molecule has 4 saturated carbocycles. The van der Waals surface area contributed by atoms with Gasteiger partial charge in [-0.2, -0.15) is 0 Å². The van der Waals surface area contributed by atoms with E-state index >= 15 is 0 Å². The summed E-state index contributed by atoms with van der Waals surface area (Å²) in [6, 6.07) is 0. The van der Waals surface area contributed by atoms with Gasteiger partial charge >= 0.3 is 0 Å². The predicted molar refractivity (Wildman–Crippen MR) is 183 cm³/mol.